The highest BCUT2D eigenvalue weighted by molar-refractivity contribution is 5.48. The molecule has 0 saturated carbocycles. The van der Waals surface area contributed by atoms with E-state index in [4.69, 9.17) is 0 Å². The van der Waals surface area contributed by atoms with Gasteiger partial charge in [-0.25, -0.2) is 0 Å². The molecular weight excluding hydrogens is 314 g/mol. The maximum absolute atomic E-state index is 2.48. The Hall–Kier alpha value is -2.64. The summed E-state index contributed by atoms with van der Waals surface area (Å²) in [6, 6.07) is 28.2. The van der Waals surface area contributed by atoms with Crippen LogP contribution in [0.15, 0.2) is 84.9 Å². The van der Waals surface area contributed by atoms with Gasteiger partial charge in [0.2, 0.25) is 0 Å². The van der Waals surface area contributed by atoms with Crippen LogP contribution in [-0.2, 0) is 13.1 Å². The molecule has 0 aliphatic heterocycles. The first-order chi connectivity index (χ1) is 12.7. The third-order valence-electron chi connectivity index (χ3n) is 4.53. The Labute approximate surface area is 157 Å². The highest BCUT2D eigenvalue weighted by atomic mass is 15.1. The van der Waals surface area contributed by atoms with Crippen LogP contribution in [0.3, 0.4) is 0 Å². The van der Waals surface area contributed by atoms with E-state index in [0.717, 1.165) is 19.6 Å². The van der Waals surface area contributed by atoms with Gasteiger partial charge >= 0.3 is 0 Å². The Morgan fingerprint density at radius 2 is 1.15 bits per heavy atom. The third kappa shape index (κ3) is 5.72. The maximum Gasteiger partial charge on any atom is 0.0240 e. The molecule has 1 nitrogen and oxygen atoms in total. The maximum atomic E-state index is 2.48. The molecule has 132 valence electrons. The summed E-state index contributed by atoms with van der Waals surface area (Å²) in [5.74, 6) is 0. The molecule has 3 aromatic rings. The lowest BCUT2D eigenvalue weighted by Gasteiger charge is -2.21. The summed E-state index contributed by atoms with van der Waals surface area (Å²) in [6.45, 7) is 7.10. The molecule has 0 spiro atoms. The van der Waals surface area contributed by atoms with Crippen molar-refractivity contribution in [1.82, 2.24) is 4.90 Å². The fourth-order valence-electron chi connectivity index (χ4n) is 2.99. The Balaban J connectivity index is 1.70. The number of hydrogen-bond donors (Lipinski definition) is 0. The second-order valence-electron chi connectivity index (χ2n) is 6.95. The molecule has 0 aliphatic rings. The molecule has 3 aromatic carbocycles. The Morgan fingerprint density at radius 1 is 0.654 bits per heavy atom. The zero-order valence-corrected chi connectivity index (χ0v) is 15.7. The van der Waals surface area contributed by atoms with Gasteiger partial charge in [0.05, 0.1) is 0 Å². The second kappa shape index (κ2) is 9.17. The number of benzene rings is 3. The van der Waals surface area contributed by atoms with Gasteiger partial charge < -0.3 is 0 Å². The van der Waals surface area contributed by atoms with E-state index < -0.39 is 0 Å². The van der Waals surface area contributed by atoms with Gasteiger partial charge in [-0.05, 0) is 30.5 Å². The molecule has 0 radical (unpaired) electrons. The predicted octanol–water partition coefficient (Wildman–Crippen LogP) is 6.02. The van der Waals surface area contributed by atoms with Gasteiger partial charge in [0.25, 0.3) is 0 Å². The molecule has 0 amide bonds. The van der Waals surface area contributed by atoms with Crippen LogP contribution in [0, 0.1) is 13.8 Å². The van der Waals surface area contributed by atoms with Crippen molar-refractivity contribution in [2.75, 3.05) is 6.54 Å². The molecule has 0 saturated heterocycles. The lowest BCUT2D eigenvalue weighted by atomic mass is 10.1. The summed E-state index contributed by atoms with van der Waals surface area (Å²) in [4.78, 5) is 2.48. The molecule has 26 heavy (non-hydrogen) atoms. The first-order valence-corrected chi connectivity index (χ1v) is 9.24. The minimum atomic E-state index is 0.927. The normalized spacial score (nSPS) is 11.3. The standard InChI is InChI=1S/C25H27N/c1-21-10-14-24(15-11-21)19-26(20-25-16-12-22(2)13-17-25)18-6-9-23-7-4-3-5-8-23/h3-17H,18-20H2,1-2H3/b9-6+. The molecular formula is C25H27N. The topological polar surface area (TPSA) is 3.24 Å². The first-order valence-electron chi connectivity index (χ1n) is 9.24. The SMILES string of the molecule is Cc1ccc(CN(C/C=C/c2ccccc2)Cc2ccc(C)cc2)cc1. The van der Waals surface area contributed by atoms with Gasteiger partial charge in [0.1, 0.15) is 0 Å². The number of nitrogens with zero attached hydrogens (tertiary/aromatic N) is 1. The molecule has 0 N–H and O–H groups in total. The summed E-state index contributed by atoms with van der Waals surface area (Å²) in [5.41, 5.74) is 6.58. The minimum absolute atomic E-state index is 0.927. The summed E-state index contributed by atoms with van der Waals surface area (Å²) < 4.78 is 0. The van der Waals surface area contributed by atoms with Crippen LogP contribution in [0.4, 0.5) is 0 Å². The van der Waals surface area contributed by atoms with Crippen LogP contribution in [0.5, 0.6) is 0 Å². The number of hydrogen-bond acceptors (Lipinski definition) is 1. The molecule has 0 atom stereocenters. The van der Waals surface area contributed by atoms with E-state index in [-0.39, 0.29) is 0 Å². The van der Waals surface area contributed by atoms with Crippen LogP contribution in [-0.4, -0.2) is 11.4 Å². The van der Waals surface area contributed by atoms with Crippen molar-refractivity contribution in [2.45, 2.75) is 26.9 Å². The van der Waals surface area contributed by atoms with Crippen molar-refractivity contribution in [3.8, 4) is 0 Å². The highest BCUT2D eigenvalue weighted by Gasteiger charge is 2.06. The van der Waals surface area contributed by atoms with Gasteiger partial charge in [-0.1, -0.05) is 102 Å². The predicted molar refractivity (Wildman–Crippen MR) is 112 cm³/mol. The first kappa shape index (κ1) is 18.2. The largest absolute Gasteiger partial charge is 0.291 e. The van der Waals surface area contributed by atoms with Gasteiger partial charge in [-0.15, -0.1) is 0 Å². The van der Waals surface area contributed by atoms with Crippen LogP contribution >= 0.6 is 0 Å². The second-order valence-corrected chi connectivity index (χ2v) is 6.95. The smallest absolute Gasteiger partial charge is 0.0240 e. The Kier molecular flexibility index (Phi) is 6.40. The fourth-order valence-corrected chi connectivity index (χ4v) is 2.99. The molecule has 0 aliphatic carbocycles. The van der Waals surface area contributed by atoms with Gasteiger partial charge in [-0.3, -0.25) is 4.90 Å². The highest BCUT2D eigenvalue weighted by Crippen LogP contribution is 2.13. The molecule has 0 bridgehead atoms. The molecule has 0 fully saturated rings. The molecule has 1 heteroatoms. The van der Waals surface area contributed by atoms with E-state index >= 15 is 0 Å². The van der Waals surface area contributed by atoms with Crippen LogP contribution < -0.4 is 0 Å². The Morgan fingerprint density at radius 3 is 1.65 bits per heavy atom. The van der Waals surface area contributed by atoms with Gasteiger partial charge in [-0.2, -0.15) is 0 Å². The minimum Gasteiger partial charge on any atom is -0.291 e. The zero-order valence-electron chi connectivity index (χ0n) is 15.7. The van der Waals surface area contributed by atoms with Crippen molar-refractivity contribution >= 4 is 6.08 Å². The summed E-state index contributed by atoms with van der Waals surface area (Å²) in [5, 5.41) is 0. The average molecular weight is 341 g/mol. The van der Waals surface area contributed by atoms with Crippen molar-refractivity contribution in [3.63, 3.8) is 0 Å². The van der Waals surface area contributed by atoms with E-state index in [1.807, 2.05) is 0 Å². The number of aryl methyl sites for hydroxylation is 2. The molecule has 0 unspecified atom stereocenters. The average Bonchev–Trinajstić information content (AvgIpc) is 2.66. The van der Waals surface area contributed by atoms with E-state index in [0.29, 0.717) is 0 Å². The van der Waals surface area contributed by atoms with E-state index in [2.05, 4.69) is 110 Å². The van der Waals surface area contributed by atoms with Gasteiger partial charge in [0, 0.05) is 19.6 Å². The zero-order chi connectivity index (χ0) is 18.2. The van der Waals surface area contributed by atoms with E-state index in [1.165, 1.54) is 27.8 Å². The van der Waals surface area contributed by atoms with Crippen molar-refractivity contribution < 1.29 is 0 Å². The van der Waals surface area contributed by atoms with Gasteiger partial charge in [0.15, 0.2) is 0 Å². The number of rotatable bonds is 7. The molecule has 0 aromatic heterocycles. The van der Waals surface area contributed by atoms with Crippen molar-refractivity contribution in [2.24, 2.45) is 0 Å². The van der Waals surface area contributed by atoms with Crippen molar-refractivity contribution in [3.05, 3.63) is 113 Å². The quantitative estimate of drug-likeness (QED) is 0.508. The lowest BCUT2D eigenvalue weighted by molar-refractivity contribution is 0.286. The van der Waals surface area contributed by atoms with E-state index in [9.17, 15) is 0 Å². The van der Waals surface area contributed by atoms with Crippen LogP contribution in [0.1, 0.15) is 27.8 Å². The van der Waals surface area contributed by atoms with E-state index in [1.54, 1.807) is 0 Å². The molecule has 0 heterocycles. The lowest BCUT2D eigenvalue weighted by Crippen LogP contribution is -2.23. The monoisotopic (exact) mass is 341 g/mol. The fraction of sp³-hybridized carbons (Fsp3) is 0.200. The Bertz CT molecular complexity index is 767. The summed E-state index contributed by atoms with van der Waals surface area (Å²) in [7, 11) is 0. The third-order valence-corrected chi connectivity index (χ3v) is 4.53. The van der Waals surface area contributed by atoms with Crippen LogP contribution in [0.2, 0.25) is 0 Å². The molecule has 3 rings (SSSR count). The summed E-state index contributed by atoms with van der Waals surface area (Å²) >= 11 is 0. The van der Waals surface area contributed by atoms with Crippen LogP contribution in [0.25, 0.3) is 6.08 Å². The van der Waals surface area contributed by atoms with Crippen molar-refractivity contribution in [1.29, 1.82) is 0 Å². The summed E-state index contributed by atoms with van der Waals surface area (Å²) in [6.07, 6.45) is 4.47.